The van der Waals surface area contributed by atoms with E-state index in [4.69, 9.17) is 4.74 Å². The zero-order valence-electron chi connectivity index (χ0n) is 12.7. The molecule has 4 rings (SSSR count). The van der Waals surface area contributed by atoms with E-state index in [-0.39, 0.29) is 24.5 Å². The molecule has 2 aromatic rings. The summed E-state index contributed by atoms with van der Waals surface area (Å²) in [4.78, 5) is 26.2. The molecule has 0 bridgehead atoms. The number of fused-ring (bicyclic) bond motifs is 2. The Kier molecular flexibility index (Phi) is 3.08. The van der Waals surface area contributed by atoms with Gasteiger partial charge >= 0.3 is 0 Å². The molecular formula is C18H16N2O3. The fraction of sp³-hybridized carbons (Fsp3) is 0.222. The summed E-state index contributed by atoms with van der Waals surface area (Å²) < 4.78 is 5.34. The normalized spacial score (nSPS) is 18.7. The summed E-state index contributed by atoms with van der Waals surface area (Å²) in [5.74, 6) is 0.322. The van der Waals surface area contributed by atoms with Gasteiger partial charge < -0.3 is 15.0 Å². The molecule has 1 atom stereocenters. The number of para-hydroxylation sites is 1. The number of hydrogen-bond donors (Lipinski definition) is 1. The third-order valence-electron chi connectivity index (χ3n) is 4.29. The Bertz CT molecular complexity index is 816. The highest BCUT2D eigenvalue weighted by Crippen LogP contribution is 2.34. The number of nitrogens with zero attached hydrogens (tertiary/aromatic N) is 1. The molecular weight excluding hydrogens is 292 g/mol. The standard InChI is InChI=1S/C18H16N2O3/c1-11-8-12-4-2-3-5-15(12)20(11)18(22)13-6-7-16-14(9-13)19-17(21)10-23-16/h2-7,9,11H,8,10H2,1H3,(H,19,21)/t11-/m1/s1. The largest absolute Gasteiger partial charge is 0.482 e. The van der Waals surface area contributed by atoms with Crippen LogP contribution >= 0.6 is 0 Å². The van der Waals surface area contributed by atoms with Crippen LogP contribution in [0.2, 0.25) is 0 Å². The van der Waals surface area contributed by atoms with Crippen LogP contribution in [0, 0.1) is 0 Å². The Balaban J connectivity index is 1.70. The van der Waals surface area contributed by atoms with Crippen LogP contribution in [0.1, 0.15) is 22.8 Å². The van der Waals surface area contributed by atoms with Gasteiger partial charge in [0.25, 0.3) is 11.8 Å². The van der Waals surface area contributed by atoms with Crippen LogP contribution in [-0.2, 0) is 11.2 Å². The molecule has 2 aromatic carbocycles. The predicted molar refractivity (Wildman–Crippen MR) is 87.0 cm³/mol. The number of anilines is 2. The molecule has 5 nitrogen and oxygen atoms in total. The summed E-state index contributed by atoms with van der Waals surface area (Å²) in [5, 5.41) is 2.74. The molecule has 0 saturated carbocycles. The first-order valence-electron chi connectivity index (χ1n) is 7.61. The molecule has 0 aromatic heterocycles. The Labute approximate surface area is 133 Å². The zero-order valence-corrected chi connectivity index (χ0v) is 12.7. The van der Waals surface area contributed by atoms with Crippen molar-refractivity contribution in [1.82, 2.24) is 0 Å². The fourth-order valence-corrected chi connectivity index (χ4v) is 3.23. The van der Waals surface area contributed by atoms with Crippen molar-refractivity contribution in [3.63, 3.8) is 0 Å². The molecule has 5 heteroatoms. The smallest absolute Gasteiger partial charge is 0.262 e. The molecule has 0 fully saturated rings. The zero-order chi connectivity index (χ0) is 16.0. The van der Waals surface area contributed by atoms with Gasteiger partial charge in [-0.15, -0.1) is 0 Å². The van der Waals surface area contributed by atoms with Gasteiger partial charge in [-0.05, 0) is 43.2 Å². The topological polar surface area (TPSA) is 58.6 Å². The third-order valence-corrected chi connectivity index (χ3v) is 4.29. The summed E-state index contributed by atoms with van der Waals surface area (Å²) in [6.45, 7) is 2.05. The molecule has 23 heavy (non-hydrogen) atoms. The lowest BCUT2D eigenvalue weighted by atomic mass is 10.1. The number of hydrogen-bond acceptors (Lipinski definition) is 3. The summed E-state index contributed by atoms with van der Waals surface area (Å²) >= 11 is 0. The van der Waals surface area contributed by atoms with E-state index in [9.17, 15) is 9.59 Å². The summed E-state index contributed by atoms with van der Waals surface area (Å²) in [6.07, 6.45) is 0.854. The Morgan fingerprint density at radius 1 is 1.26 bits per heavy atom. The Hall–Kier alpha value is -2.82. The first-order chi connectivity index (χ1) is 11.1. The van der Waals surface area contributed by atoms with Crippen LogP contribution in [0.5, 0.6) is 5.75 Å². The van der Waals surface area contributed by atoms with Crippen molar-refractivity contribution in [2.45, 2.75) is 19.4 Å². The second-order valence-corrected chi connectivity index (χ2v) is 5.90. The van der Waals surface area contributed by atoms with E-state index in [1.165, 1.54) is 5.56 Å². The highest BCUT2D eigenvalue weighted by atomic mass is 16.5. The van der Waals surface area contributed by atoms with Crippen molar-refractivity contribution in [2.24, 2.45) is 0 Å². The van der Waals surface area contributed by atoms with Crippen molar-refractivity contribution in [2.75, 3.05) is 16.8 Å². The molecule has 116 valence electrons. The van der Waals surface area contributed by atoms with E-state index in [2.05, 4.69) is 11.4 Å². The highest BCUT2D eigenvalue weighted by Gasteiger charge is 2.31. The maximum atomic E-state index is 13.0. The van der Waals surface area contributed by atoms with Crippen LogP contribution in [0.4, 0.5) is 11.4 Å². The summed E-state index contributed by atoms with van der Waals surface area (Å²) in [6, 6.07) is 13.2. The molecule has 2 aliphatic heterocycles. The number of nitrogens with one attached hydrogen (secondary N) is 1. The summed E-state index contributed by atoms with van der Waals surface area (Å²) in [7, 11) is 0. The molecule has 2 heterocycles. The van der Waals surface area contributed by atoms with Crippen molar-refractivity contribution < 1.29 is 14.3 Å². The second kappa shape index (κ2) is 5.12. The average Bonchev–Trinajstić information content (AvgIpc) is 2.89. The number of ether oxygens (including phenoxy) is 1. The monoisotopic (exact) mass is 308 g/mol. The van der Waals surface area contributed by atoms with Gasteiger partial charge in [0.1, 0.15) is 5.75 Å². The highest BCUT2D eigenvalue weighted by molar-refractivity contribution is 6.09. The molecule has 0 saturated heterocycles. The van der Waals surface area contributed by atoms with Gasteiger partial charge in [0, 0.05) is 17.3 Å². The molecule has 0 unspecified atom stereocenters. The predicted octanol–water partition coefficient (Wildman–Crippen LogP) is 2.61. The lowest BCUT2D eigenvalue weighted by Gasteiger charge is -2.24. The van der Waals surface area contributed by atoms with Crippen LogP contribution in [-0.4, -0.2) is 24.5 Å². The average molecular weight is 308 g/mol. The maximum Gasteiger partial charge on any atom is 0.262 e. The van der Waals surface area contributed by atoms with Crippen molar-refractivity contribution in [3.05, 3.63) is 53.6 Å². The third kappa shape index (κ3) is 2.25. The minimum Gasteiger partial charge on any atom is -0.482 e. The SMILES string of the molecule is C[C@@H]1Cc2ccccc2N1C(=O)c1ccc2c(c1)NC(=O)CO2. The van der Waals surface area contributed by atoms with E-state index in [0.29, 0.717) is 17.0 Å². The van der Waals surface area contributed by atoms with Gasteiger partial charge in [0.2, 0.25) is 0 Å². The lowest BCUT2D eigenvalue weighted by molar-refractivity contribution is -0.118. The van der Waals surface area contributed by atoms with E-state index in [1.807, 2.05) is 30.0 Å². The van der Waals surface area contributed by atoms with E-state index in [1.54, 1.807) is 18.2 Å². The number of carbonyl (C=O) groups excluding carboxylic acids is 2. The van der Waals surface area contributed by atoms with Gasteiger partial charge in [0.05, 0.1) is 5.69 Å². The summed E-state index contributed by atoms with van der Waals surface area (Å²) in [5.41, 5.74) is 3.23. The van der Waals surface area contributed by atoms with Crippen LogP contribution in [0.25, 0.3) is 0 Å². The number of rotatable bonds is 1. The van der Waals surface area contributed by atoms with E-state index >= 15 is 0 Å². The lowest BCUT2D eigenvalue weighted by Crippen LogP contribution is -2.36. The first kappa shape index (κ1) is 13.8. The minimum absolute atomic E-state index is 0.0107. The van der Waals surface area contributed by atoms with Gasteiger partial charge in [-0.25, -0.2) is 0 Å². The van der Waals surface area contributed by atoms with Gasteiger partial charge in [-0.3, -0.25) is 9.59 Å². The molecule has 2 aliphatic rings. The maximum absolute atomic E-state index is 13.0. The van der Waals surface area contributed by atoms with Gasteiger partial charge in [-0.1, -0.05) is 18.2 Å². The number of amides is 2. The molecule has 0 radical (unpaired) electrons. The number of benzene rings is 2. The van der Waals surface area contributed by atoms with Crippen LogP contribution in [0.3, 0.4) is 0 Å². The molecule has 0 spiro atoms. The quantitative estimate of drug-likeness (QED) is 0.881. The number of carbonyl (C=O) groups is 2. The van der Waals surface area contributed by atoms with Gasteiger partial charge in [0.15, 0.2) is 6.61 Å². The minimum atomic E-state index is -0.206. The van der Waals surface area contributed by atoms with Gasteiger partial charge in [-0.2, -0.15) is 0 Å². The first-order valence-corrected chi connectivity index (χ1v) is 7.61. The Morgan fingerprint density at radius 3 is 2.96 bits per heavy atom. The molecule has 2 amide bonds. The van der Waals surface area contributed by atoms with Crippen molar-refractivity contribution >= 4 is 23.2 Å². The van der Waals surface area contributed by atoms with Crippen molar-refractivity contribution in [3.8, 4) is 5.75 Å². The van der Waals surface area contributed by atoms with Crippen molar-refractivity contribution in [1.29, 1.82) is 0 Å². The molecule has 0 aliphatic carbocycles. The molecule has 1 N–H and O–H groups in total. The Morgan fingerprint density at radius 2 is 2.09 bits per heavy atom. The van der Waals surface area contributed by atoms with E-state index in [0.717, 1.165) is 12.1 Å². The van der Waals surface area contributed by atoms with E-state index < -0.39 is 0 Å². The van der Waals surface area contributed by atoms with Crippen LogP contribution < -0.4 is 15.0 Å². The fourth-order valence-electron chi connectivity index (χ4n) is 3.23. The second-order valence-electron chi connectivity index (χ2n) is 5.90. The van der Waals surface area contributed by atoms with Crippen LogP contribution in [0.15, 0.2) is 42.5 Å².